The number of fused-ring (bicyclic) bond motifs is 1. The molecule has 4 rings (SSSR count). The molecule has 2 aromatic rings. The average molecular weight is 409 g/mol. The number of likely N-dealkylation sites (tertiary alicyclic amines) is 2. The van der Waals surface area contributed by atoms with Gasteiger partial charge in [-0.15, -0.1) is 0 Å². The second kappa shape index (κ2) is 9.19. The number of aliphatic hydroxyl groups is 1. The van der Waals surface area contributed by atoms with Crippen molar-refractivity contribution in [2.45, 2.75) is 19.3 Å². The fourth-order valence-electron chi connectivity index (χ4n) is 5.31. The summed E-state index contributed by atoms with van der Waals surface area (Å²) < 4.78 is 5.43. The monoisotopic (exact) mass is 408 g/mol. The van der Waals surface area contributed by atoms with Crippen molar-refractivity contribution < 1.29 is 14.6 Å². The molecule has 0 spiro atoms. The number of para-hydroxylation sites is 1. The van der Waals surface area contributed by atoms with Crippen molar-refractivity contribution in [3.63, 3.8) is 0 Å². The molecule has 0 aliphatic carbocycles. The van der Waals surface area contributed by atoms with E-state index in [0.717, 1.165) is 56.9 Å². The molecule has 2 saturated heterocycles. The van der Waals surface area contributed by atoms with E-state index in [-0.39, 0.29) is 17.9 Å². The highest BCUT2D eigenvalue weighted by Crippen LogP contribution is 2.46. The Morgan fingerprint density at radius 2 is 1.87 bits per heavy atom. The number of nitrogens with zero attached hydrogens (tertiary/aromatic N) is 2. The van der Waals surface area contributed by atoms with Crippen molar-refractivity contribution in [2.75, 3.05) is 46.4 Å². The Morgan fingerprint density at radius 1 is 1.10 bits per heavy atom. The van der Waals surface area contributed by atoms with E-state index in [1.807, 2.05) is 24.3 Å². The summed E-state index contributed by atoms with van der Waals surface area (Å²) in [6.07, 6.45) is 2.48. The highest BCUT2D eigenvalue weighted by atomic mass is 16.5. The number of carbonyl (C=O) groups is 1. The third-order valence-electron chi connectivity index (χ3n) is 6.89. The van der Waals surface area contributed by atoms with Crippen molar-refractivity contribution >= 4 is 5.91 Å². The van der Waals surface area contributed by atoms with E-state index in [1.54, 1.807) is 7.11 Å². The van der Waals surface area contributed by atoms with Crippen LogP contribution in [0.15, 0.2) is 54.6 Å². The van der Waals surface area contributed by atoms with Crippen LogP contribution in [0.2, 0.25) is 0 Å². The van der Waals surface area contributed by atoms with Gasteiger partial charge in [0.1, 0.15) is 5.75 Å². The smallest absolute Gasteiger partial charge is 0.227 e. The molecular weight excluding hydrogens is 376 g/mol. The summed E-state index contributed by atoms with van der Waals surface area (Å²) in [6, 6.07) is 18.4. The zero-order valence-electron chi connectivity index (χ0n) is 17.8. The second-order valence-corrected chi connectivity index (χ2v) is 8.77. The van der Waals surface area contributed by atoms with Crippen LogP contribution in [0, 0.1) is 11.3 Å². The summed E-state index contributed by atoms with van der Waals surface area (Å²) in [5, 5.41) is 9.42. The number of β-amino-alcohol motifs (C(OH)–C–C–N with tert-alkyl or cyclic N) is 1. The van der Waals surface area contributed by atoms with Crippen LogP contribution in [0.3, 0.4) is 0 Å². The summed E-state index contributed by atoms with van der Waals surface area (Å²) in [5.74, 6) is 1.43. The van der Waals surface area contributed by atoms with Gasteiger partial charge in [0, 0.05) is 43.7 Å². The Hall–Kier alpha value is -2.37. The second-order valence-electron chi connectivity index (χ2n) is 8.77. The molecule has 2 heterocycles. The average Bonchev–Trinajstić information content (AvgIpc) is 3.28. The highest BCUT2D eigenvalue weighted by molar-refractivity contribution is 5.80. The van der Waals surface area contributed by atoms with Crippen LogP contribution >= 0.6 is 0 Å². The van der Waals surface area contributed by atoms with E-state index >= 15 is 0 Å². The van der Waals surface area contributed by atoms with Crippen molar-refractivity contribution in [3.05, 3.63) is 65.7 Å². The number of rotatable bonds is 8. The van der Waals surface area contributed by atoms with E-state index in [0.29, 0.717) is 12.3 Å². The summed E-state index contributed by atoms with van der Waals surface area (Å²) in [4.78, 5) is 17.6. The van der Waals surface area contributed by atoms with Crippen molar-refractivity contribution in [1.82, 2.24) is 9.80 Å². The lowest BCUT2D eigenvalue weighted by atomic mass is 9.76. The molecule has 5 heteroatoms. The number of hydrogen-bond donors (Lipinski definition) is 1. The molecule has 0 radical (unpaired) electrons. The molecule has 0 bridgehead atoms. The quantitative estimate of drug-likeness (QED) is 0.730. The first-order chi connectivity index (χ1) is 14.6. The molecule has 1 amide bonds. The minimum absolute atomic E-state index is 0.113. The fraction of sp³-hybridized carbons (Fsp3) is 0.480. The first kappa shape index (κ1) is 20.9. The van der Waals surface area contributed by atoms with Gasteiger partial charge in [-0.05, 0) is 30.4 Å². The molecule has 160 valence electrons. The molecule has 5 nitrogen and oxygen atoms in total. The zero-order valence-corrected chi connectivity index (χ0v) is 17.8. The Kier molecular flexibility index (Phi) is 6.40. The normalized spacial score (nSPS) is 23.5. The SMILES string of the molecule is COc1ccccc1CC(=O)N1C[C@@H]2CN(CCO)C[C@]2(CCc2ccccc2)C1. The van der Waals surface area contributed by atoms with E-state index in [1.165, 1.54) is 5.56 Å². The number of amides is 1. The largest absolute Gasteiger partial charge is 0.496 e. The number of benzene rings is 2. The predicted molar refractivity (Wildman–Crippen MR) is 117 cm³/mol. The molecule has 0 unspecified atom stereocenters. The van der Waals surface area contributed by atoms with Gasteiger partial charge in [-0.1, -0.05) is 48.5 Å². The third-order valence-corrected chi connectivity index (χ3v) is 6.89. The van der Waals surface area contributed by atoms with Gasteiger partial charge in [-0.25, -0.2) is 0 Å². The Labute approximate surface area is 179 Å². The van der Waals surface area contributed by atoms with Crippen LogP contribution in [0.5, 0.6) is 5.75 Å². The van der Waals surface area contributed by atoms with Gasteiger partial charge in [0.25, 0.3) is 0 Å². The summed E-state index contributed by atoms with van der Waals surface area (Å²) in [5.41, 5.74) is 2.41. The van der Waals surface area contributed by atoms with E-state index in [4.69, 9.17) is 4.74 Å². The van der Waals surface area contributed by atoms with E-state index in [9.17, 15) is 9.90 Å². The van der Waals surface area contributed by atoms with E-state index in [2.05, 4.69) is 40.1 Å². The predicted octanol–water partition coefficient (Wildman–Crippen LogP) is 2.62. The number of aliphatic hydroxyl groups excluding tert-OH is 1. The molecule has 2 aliphatic heterocycles. The van der Waals surface area contributed by atoms with Crippen LogP contribution in [0.1, 0.15) is 17.5 Å². The molecule has 2 aliphatic rings. The molecule has 0 saturated carbocycles. The van der Waals surface area contributed by atoms with Crippen molar-refractivity contribution in [1.29, 1.82) is 0 Å². The lowest BCUT2D eigenvalue weighted by molar-refractivity contribution is -0.130. The fourth-order valence-corrected chi connectivity index (χ4v) is 5.31. The van der Waals surface area contributed by atoms with Crippen LogP contribution in [0.4, 0.5) is 0 Å². The first-order valence-electron chi connectivity index (χ1n) is 10.9. The van der Waals surface area contributed by atoms with Gasteiger partial charge in [0.15, 0.2) is 0 Å². The molecule has 2 aromatic carbocycles. The molecule has 0 aromatic heterocycles. The maximum atomic E-state index is 13.2. The van der Waals surface area contributed by atoms with Crippen molar-refractivity contribution in [2.24, 2.45) is 11.3 Å². The molecular formula is C25H32N2O3. The van der Waals surface area contributed by atoms with Crippen LogP contribution in [0.25, 0.3) is 0 Å². The van der Waals surface area contributed by atoms with Gasteiger partial charge in [-0.3, -0.25) is 4.79 Å². The standard InChI is InChI=1S/C25H32N2O3/c1-30-23-10-6-5-9-21(23)15-24(29)27-17-22-16-26(13-14-28)18-25(22,19-27)12-11-20-7-3-2-4-8-20/h2-10,22,28H,11-19H2,1H3/t22-,25+/m0/s1. The molecule has 30 heavy (non-hydrogen) atoms. The summed E-state index contributed by atoms with van der Waals surface area (Å²) >= 11 is 0. The Morgan fingerprint density at radius 3 is 2.63 bits per heavy atom. The summed E-state index contributed by atoms with van der Waals surface area (Å²) in [7, 11) is 1.65. The summed E-state index contributed by atoms with van der Waals surface area (Å²) in [6.45, 7) is 4.46. The van der Waals surface area contributed by atoms with Gasteiger partial charge < -0.3 is 19.6 Å². The molecule has 2 fully saturated rings. The topological polar surface area (TPSA) is 53.0 Å². The van der Waals surface area contributed by atoms with Crippen molar-refractivity contribution in [3.8, 4) is 5.75 Å². The Balaban J connectivity index is 1.46. The van der Waals surface area contributed by atoms with Gasteiger partial charge in [-0.2, -0.15) is 0 Å². The minimum Gasteiger partial charge on any atom is -0.496 e. The zero-order chi connectivity index (χ0) is 21.0. The highest BCUT2D eigenvalue weighted by Gasteiger charge is 2.52. The third kappa shape index (κ3) is 4.37. The number of carbonyl (C=O) groups excluding carboxylic acids is 1. The number of hydrogen-bond acceptors (Lipinski definition) is 4. The van der Waals surface area contributed by atoms with Gasteiger partial charge in [0.05, 0.1) is 20.1 Å². The molecule has 1 N–H and O–H groups in total. The number of aryl methyl sites for hydroxylation is 1. The van der Waals surface area contributed by atoms with Crippen LogP contribution in [-0.2, 0) is 17.6 Å². The Bertz CT molecular complexity index is 856. The lowest BCUT2D eigenvalue weighted by Crippen LogP contribution is -2.38. The van der Waals surface area contributed by atoms with Crippen LogP contribution < -0.4 is 4.74 Å². The maximum Gasteiger partial charge on any atom is 0.227 e. The maximum absolute atomic E-state index is 13.2. The van der Waals surface area contributed by atoms with Gasteiger partial charge in [0.2, 0.25) is 5.91 Å². The lowest BCUT2D eigenvalue weighted by Gasteiger charge is -2.29. The van der Waals surface area contributed by atoms with Gasteiger partial charge >= 0.3 is 0 Å². The van der Waals surface area contributed by atoms with E-state index < -0.39 is 0 Å². The number of methoxy groups -OCH3 is 1. The van der Waals surface area contributed by atoms with Crippen LogP contribution in [-0.4, -0.2) is 67.3 Å². The number of ether oxygens (including phenoxy) is 1. The first-order valence-corrected chi connectivity index (χ1v) is 10.9. The molecule has 2 atom stereocenters. The minimum atomic E-state index is 0.113.